The molecule has 0 saturated carbocycles. The van der Waals surface area contributed by atoms with Crippen molar-refractivity contribution in [3.63, 3.8) is 0 Å². The molecule has 6 fully saturated rings. The molecule has 6 aliphatic rings. The molecule has 15 rings (SSSR count). The monoisotopic (exact) mass is 1860 g/mol. The fourth-order valence-electron chi connectivity index (χ4n) is 14.7. The summed E-state index contributed by atoms with van der Waals surface area (Å²) in [5.74, 6) is 3.25. The van der Waals surface area contributed by atoms with Crippen LogP contribution in [-0.2, 0) is 48.8 Å². The van der Waals surface area contributed by atoms with Gasteiger partial charge in [-0.1, -0.05) is 71.5 Å². The molecule has 0 unspecified atom stereocenters. The molecule has 0 radical (unpaired) electrons. The Labute approximate surface area is 749 Å². The minimum Gasteiger partial charge on any atom is -0.778 e. The van der Waals surface area contributed by atoms with Crippen molar-refractivity contribution in [1.82, 2.24) is 67.5 Å². The zero-order valence-electron chi connectivity index (χ0n) is 65.5. The van der Waals surface area contributed by atoms with Gasteiger partial charge in [0.15, 0.2) is 5.65 Å². The van der Waals surface area contributed by atoms with Crippen molar-refractivity contribution < 1.29 is 52.2 Å². The second kappa shape index (κ2) is 41.0. The van der Waals surface area contributed by atoms with Crippen LogP contribution in [0.1, 0.15) is 114 Å². The molecule has 0 aromatic carbocycles. The van der Waals surface area contributed by atoms with E-state index in [2.05, 4.69) is 138 Å². The van der Waals surface area contributed by atoms with Gasteiger partial charge < -0.3 is 64.5 Å². The van der Waals surface area contributed by atoms with Crippen LogP contribution in [0.5, 0.6) is 0 Å². The summed E-state index contributed by atoms with van der Waals surface area (Å²) in [5.41, 5.74) is 41.4. The van der Waals surface area contributed by atoms with Crippen LogP contribution in [0.3, 0.4) is 0 Å². The number of rotatable bonds is 13. The maximum absolute atomic E-state index is 12.9. The largest absolute Gasteiger partial charge is 1.00 e. The molecule has 15 heterocycles. The Bertz CT molecular complexity index is 5060. The molecular formula is C70H95BrCl6N31NaO5S3. The smallest absolute Gasteiger partial charge is 0.778 e. The molecule has 9 aromatic heterocycles. The number of nitrogen functional groups attached to an aromatic ring is 3. The van der Waals surface area contributed by atoms with E-state index in [4.69, 9.17) is 129 Å². The Morgan fingerprint density at radius 1 is 0.530 bits per heavy atom. The van der Waals surface area contributed by atoms with Crippen molar-refractivity contribution in [1.29, 1.82) is 11.1 Å². The van der Waals surface area contributed by atoms with E-state index in [-0.39, 0.29) is 133 Å². The first-order chi connectivity index (χ1) is 54.2. The van der Waals surface area contributed by atoms with E-state index in [0.29, 0.717) is 43.5 Å². The van der Waals surface area contributed by atoms with Crippen LogP contribution in [0.4, 0.5) is 35.3 Å². The number of hydrogen-bond acceptors (Lipinski definition) is 24. The molecule has 9 aromatic rings. The molecule has 36 nitrogen and oxygen atoms in total. The summed E-state index contributed by atoms with van der Waals surface area (Å²) in [7, 11) is -2.27. The maximum Gasteiger partial charge on any atom is 1.00 e. The van der Waals surface area contributed by atoms with Crippen LogP contribution in [-0.4, -0.2) is 171 Å². The number of nitrogens with two attached hydrogens (primary N) is 4. The molecule has 117 heavy (non-hydrogen) atoms. The summed E-state index contributed by atoms with van der Waals surface area (Å²) in [5, 5.41) is 23.3. The summed E-state index contributed by atoms with van der Waals surface area (Å²) in [4.78, 5) is 47.4. The molecule has 6 aliphatic heterocycles. The van der Waals surface area contributed by atoms with Crippen molar-refractivity contribution in [2.24, 2.45) is 63.8 Å². The third kappa shape index (κ3) is 21.2. The van der Waals surface area contributed by atoms with E-state index >= 15 is 0 Å². The van der Waals surface area contributed by atoms with Gasteiger partial charge in [-0.05, 0) is 165 Å². The number of halogens is 7. The summed E-state index contributed by atoms with van der Waals surface area (Å²) in [6.07, 6.45) is 25.3. The molecular weight excluding hydrogens is 1770 g/mol. The number of pyridine rings is 3. The second-order valence-corrected chi connectivity index (χ2v) is 37.5. The summed E-state index contributed by atoms with van der Waals surface area (Å²) < 4.78 is 56.7. The topological polar surface area (TPSA) is 476 Å². The van der Waals surface area contributed by atoms with Crippen molar-refractivity contribution in [2.45, 2.75) is 166 Å². The van der Waals surface area contributed by atoms with Crippen LogP contribution in [0, 0.1) is 34.2 Å². The van der Waals surface area contributed by atoms with Crippen LogP contribution >= 0.6 is 86.3 Å². The maximum atomic E-state index is 12.9. The van der Waals surface area contributed by atoms with Gasteiger partial charge in [0, 0.05) is 152 Å². The number of hydrogen-bond donors (Lipinski definition) is 8. The standard InChI is InChI=1S/C25H33Cl2N7O2S.C20H23Cl2N7O.C19H28BrN5O2S.C5H5ClN2S.CH4.ClH.H2N10.Na/c1-14-17(16-12-30-21(28)19(27)18(16)26)22-29-8-11-34(22)23(31-14)33-9-6-25(7-10-33)13-36-15(2)20(25)32-37(35)24(3,4)5;1-11-16(23)20(10-30-11)2-5-28(6-3-20)19-27-9-13(18-25-4-7-29(18)19)12-8-26-17(24)15(22)14(12)21;1-13-15(23-28(26)18(2,3)4)19(12-27-13)5-8-24(9-6-19)17-22-11-14(20)16-21-7-10-25(16)17;6-4-3(9)1-2-8-5(4)7;;;1-3-5-7-9-10-8-6-4-2;/h8,11-12,15,20,32H,6-7,9-10,13H2,1-5H3,(H2,28,30);4,7-9,11,16H,2-3,5-6,10,23H2,1H3,(H2,24,26);7,10-11,13,15,23H,5-6,8-9,12H2,1-4H3;1-2H,(H3,7,8,9);1H4;1H;1-2H;/q;;;;;;;+1/p-1/b;;;;;;3-1?,4-2?,7-5+,8-6+,10-9+;/t15-,20+,37+;11-,16+;13-,15+,28+;;;;;/m000...../s1. The van der Waals surface area contributed by atoms with Gasteiger partial charge in [0.05, 0.1) is 107 Å². The van der Waals surface area contributed by atoms with E-state index < -0.39 is 22.0 Å². The Balaban J connectivity index is 0.000000196. The fourth-order valence-corrected chi connectivity index (χ4v) is 18.3. The number of imidazole rings is 3. The predicted molar refractivity (Wildman–Crippen MR) is 460 cm³/mol. The van der Waals surface area contributed by atoms with Crippen LogP contribution < -0.4 is 76.6 Å². The van der Waals surface area contributed by atoms with Crippen LogP contribution in [0.2, 0.25) is 25.1 Å². The van der Waals surface area contributed by atoms with E-state index in [1.54, 1.807) is 43.2 Å². The summed E-state index contributed by atoms with van der Waals surface area (Å²) >= 11 is 39.4. The minimum absolute atomic E-state index is 0. The first-order valence-electron chi connectivity index (χ1n) is 36.2. The van der Waals surface area contributed by atoms with E-state index in [1.807, 2.05) is 86.5 Å². The third-order valence-corrected chi connectivity index (χ3v) is 27.6. The number of nitrogens with one attached hydrogen (secondary N) is 4. The van der Waals surface area contributed by atoms with Gasteiger partial charge in [-0.2, -0.15) is 16.0 Å². The minimum atomic E-state index is -1.16. The number of anilines is 6. The van der Waals surface area contributed by atoms with E-state index in [9.17, 15) is 8.42 Å². The van der Waals surface area contributed by atoms with Gasteiger partial charge in [-0.15, -0.1) is 12.4 Å². The molecule has 8 atom stereocenters. The van der Waals surface area contributed by atoms with Crippen LogP contribution in [0.25, 0.3) is 39.2 Å². The Kier molecular flexibility index (Phi) is 33.7. The van der Waals surface area contributed by atoms with Gasteiger partial charge >= 0.3 is 29.6 Å². The van der Waals surface area contributed by atoms with Crippen LogP contribution in [0.15, 0.2) is 125 Å². The van der Waals surface area contributed by atoms with Gasteiger partial charge in [-0.3, -0.25) is 13.2 Å². The van der Waals surface area contributed by atoms with Gasteiger partial charge in [-0.25, -0.2) is 62.7 Å². The molecule has 3 spiro atoms. The average Bonchev–Trinajstić information content (AvgIpc) is 1.70. The Hall–Kier alpha value is -6.39. The molecule has 0 aliphatic carbocycles. The Morgan fingerprint density at radius 3 is 1.37 bits per heavy atom. The zero-order valence-corrected chi connectivity index (χ0v) is 76.2. The van der Waals surface area contributed by atoms with E-state index in [1.165, 1.54) is 6.20 Å². The molecule has 12 N–H and O–H groups in total. The van der Waals surface area contributed by atoms with Gasteiger partial charge in [0.1, 0.15) is 38.8 Å². The number of aryl methyl sites for hydroxylation is 1. The number of aromatic nitrogens is 12. The first kappa shape index (κ1) is 96.1. The van der Waals surface area contributed by atoms with E-state index in [0.717, 1.165) is 147 Å². The van der Waals surface area contributed by atoms with Crippen molar-refractivity contribution >= 4 is 173 Å². The molecule has 6 saturated heterocycles. The molecule has 0 amide bonds. The normalized spacial score (nSPS) is 21.2. The van der Waals surface area contributed by atoms with Gasteiger partial charge in [0.2, 0.25) is 17.8 Å². The first-order valence-corrected chi connectivity index (χ1v) is 41.6. The fraction of sp³-hybridized carbons (Fsp3) is 0.529. The predicted octanol–water partition coefficient (Wildman–Crippen LogP) is 11.7. The second-order valence-electron chi connectivity index (χ2n) is 30.3. The summed E-state index contributed by atoms with van der Waals surface area (Å²) in [6.45, 7) is 27.3. The quantitative estimate of drug-likeness (QED) is 0.0230. The van der Waals surface area contributed by atoms with Crippen molar-refractivity contribution in [2.75, 3.05) is 91.0 Å². The number of fused-ring (bicyclic) bond motifs is 3. The number of nitrogens with zero attached hydrogens (tertiary/aromatic N) is 23. The summed E-state index contributed by atoms with van der Waals surface area (Å²) in [6, 6.07) is 1.84. The zero-order chi connectivity index (χ0) is 82.4. The molecule has 47 heteroatoms. The average molecular weight is 1860 g/mol. The van der Waals surface area contributed by atoms with Gasteiger partial charge in [0.25, 0.3) is 0 Å². The number of piperidine rings is 3. The van der Waals surface area contributed by atoms with Crippen molar-refractivity contribution in [3.8, 4) is 22.3 Å². The van der Waals surface area contributed by atoms with Crippen molar-refractivity contribution in [3.05, 3.63) is 110 Å². The number of ether oxygens (including phenoxy) is 3. The third-order valence-electron chi connectivity index (χ3n) is 21.3. The molecule has 628 valence electrons. The molecule has 0 bridgehead atoms. The Morgan fingerprint density at radius 2 is 0.915 bits per heavy atom. The SMILES string of the molecule is C.C[C@@H]1OCC2(CCN(c3ncc(-c4cnc(N)c(Cl)c4Cl)c4nccn34)CC2)[C@@H]1N.C[C@@H]1OCC2(CCN(c3ncc(Br)c4nccn34)CC2)[C@@H]1N[S@](=O)C(C)(C)C.Cc1nc(N2CCC3(CC2)CO[C@@H](C)[C@H]3N[S@](=O)C(C)(C)C)n2ccnc2c1-c1cnc(N)c(Cl)c1Cl.Cl.N=N/N=N/N=N/N=N/N=N.Nc1nccc([S-])c1Cl.[Na+].